The average molecular weight is 384 g/mol. The van der Waals surface area contributed by atoms with Crippen molar-refractivity contribution >= 4 is 34.1 Å². The molecule has 0 radical (unpaired) electrons. The summed E-state index contributed by atoms with van der Waals surface area (Å²) in [4.78, 5) is 19.2. The number of nitro benzene ring substituents is 1. The Morgan fingerprint density at radius 2 is 2.10 bits per heavy atom. The van der Waals surface area contributed by atoms with Gasteiger partial charge in [0, 0.05) is 17.7 Å². The van der Waals surface area contributed by atoms with Crippen molar-refractivity contribution in [3.8, 4) is 11.4 Å². The first kappa shape index (κ1) is 14.6. The molecule has 6 nitrogen and oxygen atoms in total. The average Bonchev–Trinajstić information content (AvgIpc) is 2.42. The van der Waals surface area contributed by atoms with E-state index in [1.165, 1.54) is 12.1 Å². The largest absolute Gasteiger partial charge is 0.383 e. The van der Waals surface area contributed by atoms with E-state index < -0.39 is 4.92 Å². The molecule has 2 rings (SSSR count). The second-order valence-electron chi connectivity index (χ2n) is 4.30. The predicted molar refractivity (Wildman–Crippen MR) is 85.4 cm³/mol. The van der Waals surface area contributed by atoms with Crippen LogP contribution in [0.2, 0.25) is 0 Å². The maximum atomic E-state index is 10.9. The van der Waals surface area contributed by atoms with E-state index in [4.69, 9.17) is 5.73 Å². The molecule has 20 heavy (non-hydrogen) atoms. The highest BCUT2D eigenvalue weighted by Crippen LogP contribution is 2.27. The third-order valence-electron chi connectivity index (χ3n) is 2.95. The third-order valence-corrected chi connectivity index (χ3v) is 4.13. The van der Waals surface area contributed by atoms with Crippen LogP contribution in [-0.4, -0.2) is 14.9 Å². The highest BCUT2D eigenvalue weighted by Gasteiger charge is 2.15. The van der Waals surface area contributed by atoms with Gasteiger partial charge in [-0.05, 0) is 41.5 Å². The molecule has 2 aromatic rings. The van der Waals surface area contributed by atoms with Gasteiger partial charge in [0.15, 0.2) is 5.82 Å². The van der Waals surface area contributed by atoms with E-state index in [-0.39, 0.29) is 5.69 Å². The van der Waals surface area contributed by atoms with Crippen molar-refractivity contribution in [1.29, 1.82) is 0 Å². The molecule has 0 atom stereocenters. The zero-order valence-electron chi connectivity index (χ0n) is 11.1. The van der Waals surface area contributed by atoms with Gasteiger partial charge in [-0.1, -0.05) is 13.0 Å². The number of halogens is 1. The normalized spacial score (nSPS) is 10.6. The molecule has 1 aromatic carbocycles. The number of hydrogen-bond donors (Lipinski definition) is 1. The molecule has 0 saturated heterocycles. The third kappa shape index (κ3) is 2.72. The molecule has 0 amide bonds. The van der Waals surface area contributed by atoms with Crippen LogP contribution in [0.25, 0.3) is 11.4 Å². The van der Waals surface area contributed by atoms with E-state index in [0.29, 0.717) is 17.2 Å². The molecule has 0 aliphatic heterocycles. The summed E-state index contributed by atoms with van der Waals surface area (Å²) in [7, 11) is 0. The molecule has 2 N–H and O–H groups in total. The fraction of sp³-hybridized carbons (Fsp3) is 0.231. The maximum absolute atomic E-state index is 10.9. The number of nitrogen functional groups attached to an aromatic ring is 1. The Labute approximate surface area is 129 Å². The number of nitrogens with two attached hydrogens (primary N) is 1. The van der Waals surface area contributed by atoms with Crippen LogP contribution in [-0.2, 0) is 6.42 Å². The van der Waals surface area contributed by atoms with Crippen molar-refractivity contribution in [2.24, 2.45) is 0 Å². The standard InChI is InChI=1S/C13H13IN4O2/c1-3-10-11(14)12(15)17-13(16-10)9-6-8(18(19)20)5-4-7(9)2/h4-6H,3H2,1-2H3,(H2,15,16,17). The Kier molecular flexibility index (Phi) is 4.17. The molecule has 0 unspecified atom stereocenters. The Hall–Kier alpha value is -1.77. The van der Waals surface area contributed by atoms with Crippen molar-refractivity contribution < 1.29 is 4.92 Å². The van der Waals surface area contributed by atoms with E-state index in [9.17, 15) is 10.1 Å². The van der Waals surface area contributed by atoms with Crippen LogP contribution in [0.3, 0.4) is 0 Å². The number of non-ortho nitro benzene ring substituents is 1. The lowest BCUT2D eigenvalue weighted by Gasteiger charge is -2.09. The summed E-state index contributed by atoms with van der Waals surface area (Å²) in [6.07, 6.45) is 0.728. The molecule has 7 heteroatoms. The fourth-order valence-electron chi connectivity index (χ4n) is 1.83. The van der Waals surface area contributed by atoms with E-state index in [1.54, 1.807) is 6.07 Å². The second-order valence-corrected chi connectivity index (χ2v) is 5.38. The minimum atomic E-state index is -0.431. The van der Waals surface area contributed by atoms with Crippen molar-refractivity contribution in [3.63, 3.8) is 0 Å². The lowest BCUT2D eigenvalue weighted by atomic mass is 10.1. The molecule has 0 aliphatic carbocycles. The number of rotatable bonds is 3. The van der Waals surface area contributed by atoms with Crippen LogP contribution < -0.4 is 5.73 Å². The van der Waals surface area contributed by atoms with Gasteiger partial charge in [-0.3, -0.25) is 10.1 Å². The molecule has 0 spiro atoms. The topological polar surface area (TPSA) is 94.9 Å². The molecule has 0 aliphatic rings. The number of anilines is 1. The van der Waals surface area contributed by atoms with E-state index in [0.717, 1.165) is 21.2 Å². The molecule has 0 bridgehead atoms. The van der Waals surface area contributed by atoms with Gasteiger partial charge in [0.05, 0.1) is 14.2 Å². The number of aromatic nitrogens is 2. The molecule has 1 heterocycles. The first-order chi connectivity index (χ1) is 9.43. The number of aryl methyl sites for hydroxylation is 2. The van der Waals surface area contributed by atoms with Gasteiger partial charge in [0.1, 0.15) is 5.82 Å². The van der Waals surface area contributed by atoms with Gasteiger partial charge >= 0.3 is 0 Å². The molecule has 0 saturated carbocycles. The summed E-state index contributed by atoms with van der Waals surface area (Å²) in [5.41, 5.74) is 8.26. The van der Waals surface area contributed by atoms with Crippen molar-refractivity contribution in [3.05, 3.63) is 43.1 Å². The summed E-state index contributed by atoms with van der Waals surface area (Å²) in [6, 6.07) is 4.64. The number of nitrogens with zero attached hydrogens (tertiary/aromatic N) is 3. The van der Waals surface area contributed by atoms with Crippen LogP contribution in [0.1, 0.15) is 18.2 Å². The van der Waals surface area contributed by atoms with Crippen molar-refractivity contribution in [2.75, 3.05) is 5.73 Å². The van der Waals surface area contributed by atoms with E-state index >= 15 is 0 Å². The zero-order chi connectivity index (χ0) is 14.9. The first-order valence-electron chi connectivity index (χ1n) is 6.01. The Balaban J connectivity index is 2.64. The predicted octanol–water partition coefficient (Wildman–Crippen LogP) is 3.11. The van der Waals surface area contributed by atoms with E-state index in [2.05, 4.69) is 32.6 Å². The first-order valence-corrected chi connectivity index (χ1v) is 7.09. The molecular formula is C13H13IN4O2. The van der Waals surface area contributed by atoms with Crippen LogP contribution in [0.5, 0.6) is 0 Å². The monoisotopic (exact) mass is 384 g/mol. The van der Waals surface area contributed by atoms with Gasteiger partial charge in [-0.25, -0.2) is 9.97 Å². The van der Waals surface area contributed by atoms with Gasteiger partial charge in [0.25, 0.3) is 5.69 Å². The highest BCUT2D eigenvalue weighted by atomic mass is 127. The summed E-state index contributed by atoms with van der Waals surface area (Å²) >= 11 is 2.11. The molecule has 1 aromatic heterocycles. The molecular weight excluding hydrogens is 371 g/mol. The number of hydrogen-bond acceptors (Lipinski definition) is 5. The number of benzene rings is 1. The summed E-state index contributed by atoms with van der Waals surface area (Å²) in [5.74, 6) is 0.833. The molecule has 104 valence electrons. The quantitative estimate of drug-likeness (QED) is 0.499. The van der Waals surface area contributed by atoms with Gasteiger partial charge in [0.2, 0.25) is 0 Å². The fourth-order valence-corrected chi connectivity index (χ4v) is 2.45. The zero-order valence-corrected chi connectivity index (χ0v) is 13.2. The highest BCUT2D eigenvalue weighted by molar-refractivity contribution is 14.1. The summed E-state index contributed by atoms with van der Waals surface area (Å²) in [5, 5.41) is 10.9. The SMILES string of the molecule is CCc1nc(-c2cc([N+](=O)[O-])ccc2C)nc(N)c1I. The van der Waals surface area contributed by atoms with E-state index in [1.807, 2.05) is 13.8 Å². The van der Waals surface area contributed by atoms with Gasteiger partial charge < -0.3 is 5.73 Å². The number of nitro groups is 1. The van der Waals surface area contributed by atoms with Crippen molar-refractivity contribution in [1.82, 2.24) is 9.97 Å². The van der Waals surface area contributed by atoms with Crippen LogP contribution >= 0.6 is 22.6 Å². The lowest BCUT2D eigenvalue weighted by Crippen LogP contribution is -2.05. The summed E-state index contributed by atoms with van der Waals surface area (Å²) < 4.78 is 0.830. The maximum Gasteiger partial charge on any atom is 0.270 e. The van der Waals surface area contributed by atoms with Crippen LogP contribution in [0.15, 0.2) is 18.2 Å². The van der Waals surface area contributed by atoms with Crippen molar-refractivity contribution in [2.45, 2.75) is 20.3 Å². The van der Waals surface area contributed by atoms with Gasteiger partial charge in [-0.15, -0.1) is 0 Å². The summed E-state index contributed by atoms with van der Waals surface area (Å²) in [6.45, 7) is 3.84. The Morgan fingerprint density at radius 1 is 1.40 bits per heavy atom. The Bertz CT molecular complexity index is 688. The second kappa shape index (κ2) is 5.70. The smallest absolute Gasteiger partial charge is 0.270 e. The Morgan fingerprint density at radius 3 is 2.70 bits per heavy atom. The molecule has 0 fully saturated rings. The lowest BCUT2D eigenvalue weighted by molar-refractivity contribution is -0.384. The van der Waals surface area contributed by atoms with Crippen LogP contribution in [0.4, 0.5) is 11.5 Å². The minimum Gasteiger partial charge on any atom is -0.383 e. The minimum absolute atomic E-state index is 0.0179. The van der Waals surface area contributed by atoms with Crippen LogP contribution in [0, 0.1) is 20.6 Å². The van der Waals surface area contributed by atoms with Gasteiger partial charge in [-0.2, -0.15) is 0 Å².